The van der Waals surface area contributed by atoms with E-state index in [0.717, 1.165) is 5.56 Å². The summed E-state index contributed by atoms with van der Waals surface area (Å²) in [7, 11) is 0. The molecule has 1 amide bonds. The fourth-order valence-corrected chi connectivity index (χ4v) is 2.23. The number of amides is 1. The van der Waals surface area contributed by atoms with Gasteiger partial charge >= 0.3 is 11.9 Å². The molecule has 0 aliphatic rings. The van der Waals surface area contributed by atoms with Crippen LogP contribution in [-0.4, -0.2) is 40.3 Å². The number of nitrogens with two attached hydrogens (primary N) is 2. The minimum absolute atomic E-state index is 0.0611. The highest BCUT2D eigenvalue weighted by molar-refractivity contribution is 7.81. The monoisotopic (exact) mass is 355 g/mol. The maximum atomic E-state index is 12.1. The van der Waals surface area contributed by atoms with Gasteiger partial charge < -0.3 is 21.0 Å². The second-order valence-electron chi connectivity index (χ2n) is 5.23. The van der Waals surface area contributed by atoms with Crippen LogP contribution < -0.4 is 16.9 Å². The topological polar surface area (TPSA) is 145 Å². The predicted molar refractivity (Wildman–Crippen MR) is 90.0 cm³/mol. The van der Waals surface area contributed by atoms with Crippen molar-refractivity contribution < 1.29 is 24.3 Å². The zero-order valence-electron chi connectivity index (χ0n) is 12.9. The van der Waals surface area contributed by atoms with Crippen LogP contribution in [0.4, 0.5) is 0 Å². The van der Waals surface area contributed by atoms with Gasteiger partial charge in [0.2, 0.25) is 5.91 Å². The molecule has 1 rings (SSSR count). The molecule has 0 fully saturated rings. The van der Waals surface area contributed by atoms with Crippen molar-refractivity contribution in [1.82, 2.24) is 5.32 Å². The van der Waals surface area contributed by atoms with Crippen LogP contribution in [0.3, 0.4) is 0 Å². The number of carboxylic acids is 1. The minimum atomic E-state index is -1.16. The highest BCUT2D eigenvalue weighted by atomic mass is 32.1. The third-order valence-electron chi connectivity index (χ3n) is 3.38. The Morgan fingerprint density at radius 2 is 1.88 bits per heavy atom. The molecule has 0 aromatic heterocycles. The number of carbonyl (C=O) groups excluding carboxylic acids is 2. The van der Waals surface area contributed by atoms with Crippen molar-refractivity contribution >= 4 is 30.5 Å². The quantitative estimate of drug-likeness (QED) is 0.300. The zero-order chi connectivity index (χ0) is 18.1. The molecule has 1 aromatic rings. The lowest BCUT2D eigenvalue weighted by Gasteiger charge is -2.21. The van der Waals surface area contributed by atoms with Crippen molar-refractivity contribution in [2.75, 3.05) is 0 Å². The Labute approximate surface area is 144 Å². The zero-order valence-corrected chi connectivity index (χ0v) is 13.8. The molecule has 8 nitrogen and oxygen atoms in total. The first-order valence-corrected chi connectivity index (χ1v) is 7.77. The Hall–Kier alpha value is -2.10. The minimum Gasteiger partial charge on any atom is -0.480 e. The van der Waals surface area contributed by atoms with E-state index in [2.05, 4.69) is 22.8 Å². The predicted octanol–water partition coefficient (Wildman–Crippen LogP) is -0.379. The smallest absolute Gasteiger partial charge is 0.326 e. The van der Waals surface area contributed by atoms with Crippen molar-refractivity contribution in [2.24, 2.45) is 11.6 Å². The molecular formula is C15H21N3O5S. The van der Waals surface area contributed by atoms with Gasteiger partial charge in [-0.15, -0.1) is 0 Å². The van der Waals surface area contributed by atoms with Gasteiger partial charge in [0.15, 0.2) is 0 Å². The van der Waals surface area contributed by atoms with Gasteiger partial charge in [-0.2, -0.15) is 18.5 Å². The van der Waals surface area contributed by atoms with Crippen molar-refractivity contribution in [1.29, 1.82) is 0 Å². The summed E-state index contributed by atoms with van der Waals surface area (Å²) in [5, 5.41) is 10.7. The van der Waals surface area contributed by atoms with Crippen molar-refractivity contribution in [3.05, 3.63) is 35.9 Å². The lowest BCUT2D eigenvalue weighted by Crippen LogP contribution is -2.50. The highest BCUT2D eigenvalue weighted by Crippen LogP contribution is 2.09. The number of hydrogen-bond donors (Lipinski definition) is 5. The van der Waals surface area contributed by atoms with Gasteiger partial charge in [0.05, 0.1) is 5.25 Å². The standard InChI is InChI=1S/C15H21N3O5S/c16-10(6-7-12(19)23-17)13(24)14(20)18-11(15(21)22)8-9-4-2-1-3-5-9/h1-5,10-11,13,24H,6-8,16-17H2,(H,18,20)(H,21,22)/t10-,11-,13?/m0/s1. The lowest BCUT2D eigenvalue weighted by atomic mass is 10.0. The largest absolute Gasteiger partial charge is 0.480 e. The third-order valence-corrected chi connectivity index (χ3v) is 4.00. The molecule has 3 atom stereocenters. The number of benzene rings is 1. The van der Waals surface area contributed by atoms with Crippen molar-refractivity contribution in [3.8, 4) is 0 Å². The van der Waals surface area contributed by atoms with Gasteiger partial charge in [0.1, 0.15) is 6.04 Å². The summed E-state index contributed by atoms with van der Waals surface area (Å²) in [5.74, 6) is 2.28. The SMILES string of the molecule is NOC(=O)CC[C@H](N)C(S)C(=O)N[C@@H](Cc1ccccc1)C(=O)O. The number of aliphatic carboxylic acids is 1. The van der Waals surface area contributed by atoms with E-state index in [-0.39, 0.29) is 19.3 Å². The number of carboxylic acid groups (broad SMARTS) is 1. The average Bonchev–Trinajstić information content (AvgIpc) is 2.58. The van der Waals surface area contributed by atoms with E-state index in [1.54, 1.807) is 24.3 Å². The molecule has 9 heteroatoms. The summed E-state index contributed by atoms with van der Waals surface area (Å²) in [4.78, 5) is 38.5. The molecule has 0 saturated heterocycles. The fraction of sp³-hybridized carbons (Fsp3) is 0.400. The lowest BCUT2D eigenvalue weighted by molar-refractivity contribution is -0.144. The summed E-state index contributed by atoms with van der Waals surface area (Å²) >= 11 is 4.11. The number of nitrogens with one attached hydrogen (secondary N) is 1. The van der Waals surface area contributed by atoms with Crippen LogP contribution in [0.15, 0.2) is 30.3 Å². The van der Waals surface area contributed by atoms with Crippen LogP contribution >= 0.6 is 12.6 Å². The summed E-state index contributed by atoms with van der Waals surface area (Å²) in [6.45, 7) is 0. The molecule has 0 aliphatic carbocycles. The van der Waals surface area contributed by atoms with Gasteiger partial charge in [0.25, 0.3) is 0 Å². The highest BCUT2D eigenvalue weighted by Gasteiger charge is 2.27. The second-order valence-corrected chi connectivity index (χ2v) is 5.78. The van der Waals surface area contributed by atoms with Gasteiger partial charge in [-0.3, -0.25) is 9.59 Å². The van der Waals surface area contributed by atoms with E-state index in [9.17, 15) is 19.5 Å². The Bertz CT molecular complexity index is 569. The van der Waals surface area contributed by atoms with E-state index in [1.165, 1.54) is 0 Å². The van der Waals surface area contributed by atoms with Crippen LogP contribution in [-0.2, 0) is 25.6 Å². The summed E-state index contributed by atoms with van der Waals surface area (Å²) in [5.41, 5.74) is 6.57. The van der Waals surface area contributed by atoms with E-state index in [1.807, 2.05) is 6.07 Å². The van der Waals surface area contributed by atoms with Crippen LogP contribution in [0.1, 0.15) is 18.4 Å². The maximum absolute atomic E-state index is 12.1. The van der Waals surface area contributed by atoms with E-state index in [4.69, 9.17) is 11.6 Å². The van der Waals surface area contributed by atoms with Crippen LogP contribution in [0, 0.1) is 0 Å². The molecular weight excluding hydrogens is 334 g/mol. The molecule has 6 N–H and O–H groups in total. The van der Waals surface area contributed by atoms with Gasteiger partial charge in [0, 0.05) is 18.9 Å². The molecule has 1 aromatic carbocycles. The number of carbonyl (C=O) groups is 3. The number of thiol groups is 1. The normalized spacial score (nSPS) is 14.3. The fourth-order valence-electron chi connectivity index (χ4n) is 2.00. The first kappa shape index (κ1) is 19.9. The molecule has 0 radical (unpaired) electrons. The van der Waals surface area contributed by atoms with Crippen LogP contribution in [0.5, 0.6) is 0 Å². The van der Waals surface area contributed by atoms with E-state index < -0.39 is 35.2 Å². The molecule has 132 valence electrons. The summed E-state index contributed by atoms with van der Waals surface area (Å²) in [6.07, 6.45) is 0.208. The van der Waals surface area contributed by atoms with Gasteiger partial charge in [-0.1, -0.05) is 30.3 Å². The second kappa shape index (κ2) is 9.91. The molecule has 0 aliphatic heterocycles. The first-order valence-electron chi connectivity index (χ1n) is 7.25. The molecule has 0 heterocycles. The Morgan fingerprint density at radius 3 is 2.42 bits per heavy atom. The van der Waals surface area contributed by atoms with E-state index in [0.29, 0.717) is 0 Å². The van der Waals surface area contributed by atoms with Gasteiger partial charge in [-0.25, -0.2) is 4.79 Å². The third kappa shape index (κ3) is 6.57. The molecule has 0 saturated carbocycles. The Morgan fingerprint density at radius 1 is 1.25 bits per heavy atom. The maximum Gasteiger partial charge on any atom is 0.326 e. The molecule has 1 unspecified atom stereocenters. The molecule has 0 spiro atoms. The Kier molecular flexibility index (Phi) is 8.24. The van der Waals surface area contributed by atoms with Gasteiger partial charge in [-0.05, 0) is 12.0 Å². The van der Waals surface area contributed by atoms with Crippen molar-refractivity contribution in [3.63, 3.8) is 0 Å². The molecule has 24 heavy (non-hydrogen) atoms. The van der Waals surface area contributed by atoms with Crippen LogP contribution in [0.25, 0.3) is 0 Å². The number of hydrogen-bond acceptors (Lipinski definition) is 7. The Balaban J connectivity index is 2.60. The average molecular weight is 355 g/mol. The number of rotatable bonds is 9. The van der Waals surface area contributed by atoms with E-state index >= 15 is 0 Å². The molecule has 0 bridgehead atoms. The first-order chi connectivity index (χ1) is 11.3. The van der Waals surface area contributed by atoms with Crippen molar-refractivity contribution in [2.45, 2.75) is 36.6 Å². The van der Waals surface area contributed by atoms with Crippen LogP contribution in [0.2, 0.25) is 0 Å². The summed E-state index contributed by atoms with van der Waals surface area (Å²) in [6, 6.07) is 7.06. The summed E-state index contributed by atoms with van der Waals surface area (Å²) < 4.78 is 0.